The lowest BCUT2D eigenvalue weighted by Gasteiger charge is -2.27. The van der Waals surface area contributed by atoms with Crippen molar-refractivity contribution in [1.29, 1.82) is 0 Å². The Hall–Kier alpha value is -0.790. The molecule has 1 rings (SSSR count). The molecule has 2 heteroatoms. The molecule has 0 aromatic heterocycles. The van der Waals surface area contributed by atoms with Crippen LogP contribution in [0.25, 0.3) is 0 Å². The first kappa shape index (κ1) is 9.30. The number of aliphatic imine (C=N–C) groups is 1. The third kappa shape index (κ3) is 2.10. The van der Waals surface area contributed by atoms with E-state index >= 15 is 0 Å². The van der Waals surface area contributed by atoms with E-state index in [1.807, 2.05) is 0 Å². The van der Waals surface area contributed by atoms with Crippen molar-refractivity contribution in [2.24, 2.45) is 10.9 Å². The smallest absolute Gasteiger partial charge is 0.104 e. The Morgan fingerprint density at radius 1 is 1.42 bits per heavy atom. The van der Waals surface area contributed by atoms with Crippen molar-refractivity contribution < 1.29 is 0 Å². The van der Waals surface area contributed by atoms with E-state index in [4.69, 9.17) is 0 Å². The van der Waals surface area contributed by atoms with E-state index in [-0.39, 0.29) is 5.54 Å². The van der Waals surface area contributed by atoms with E-state index in [1.54, 1.807) is 0 Å². The molecule has 1 heterocycles. The first-order valence-electron chi connectivity index (χ1n) is 4.47. The molecule has 0 fully saturated rings. The molecule has 12 heavy (non-hydrogen) atoms. The van der Waals surface area contributed by atoms with E-state index in [0.29, 0.717) is 5.92 Å². The maximum Gasteiger partial charge on any atom is 0.104 e. The Morgan fingerprint density at radius 3 is 2.42 bits per heavy atom. The minimum atomic E-state index is -0.0328. The lowest BCUT2D eigenvalue weighted by Crippen LogP contribution is -2.35. The van der Waals surface area contributed by atoms with Crippen LogP contribution < -0.4 is 5.32 Å². The zero-order valence-electron chi connectivity index (χ0n) is 8.60. The van der Waals surface area contributed by atoms with Crippen LogP contribution in [0, 0.1) is 5.92 Å². The lowest BCUT2D eigenvalue weighted by molar-refractivity contribution is 0.614. The van der Waals surface area contributed by atoms with Gasteiger partial charge in [-0.05, 0) is 26.8 Å². The van der Waals surface area contributed by atoms with Crippen molar-refractivity contribution in [3.8, 4) is 0 Å². The van der Waals surface area contributed by atoms with Crippen molar-refractivity contribution in [3.63, 3.8) is 0 Å². The van der Waals surface area contributed by atoms with Gasteiger partial charge in [-0.3, -0.25) is 4.99 Å². The van der Waals surface area contributed by atoms with Crippen molar-refractivity contribution in [3.05, 3.63) is 11.8 Å². The van der Waals surface area contributed by atoms with Gasteiger partial charge in [-0.1, -0.05) is 13.8 Å². The first-order chi connectivity index (χ1) is 5.41. The molecule has 1 N–H and O–H groups in total. The predicted octanol–water partition coefficient (Wildman–Crippen LogP) is 2.33. The van der Waals surface area contributed by atoms with Gasteiger partial charge in [0.25, 0.3) is 0 Å². The fourth-order valence-corrected chi connectivity index (χ4v) is 1.41. The van der Waals surface area contributed by atoms with Gasteiger partial charge in [0.15, 0.2) is 0 Å². The van der Waals surface area contributed by atoms with E-state index in [2.05, 4.69) is 51.0 Å². The van der Waals surface area contributed by atoms with E-state index < -0.39 is 0 Å². The van der Waals surface area contributed by atoms with Gasteiger partial charge in [0.05, 0.1) is 5.54 Å². The Kier molecular flexibility index (Phi) is 2.27. The summed E-state index contributed by atoms with van der Waals surface area (Å²) in [6.45, 7) is 10.6. The zero-order valence-corrected chi connectivity index (χ0v) is 8.60. The molecule has 0 aliphatic carbocycles. The number of hydrogen-bond donors (Lipinski definition) is 1. The molecule has 68 valence electrons. The Bertz CT molecular complexity index is 234. The lowest BCUT2D eigenvalue weighted by atomic mass is 10.0. The van der Waals surface area contributed by atoms with Gasteiger partial charge in [-0.2, -0.15) is 0 Å². The van der Waals surface area contributed by atoms with Gasteiger partial charge < -0.3 is 5.32 Å². The molecule has 0 saturated heterocycles. The molecule has 0 bridgehead atoms. The second kappa shape index (κ2) is 2.92. The maximum absolute atomic E-state index is 4.59. The molecule has 1 aliphatic rings. The van der Waals surface area contributed by atoms with Crippen LogP contribution in [0.1, 0.15) is 34.6 Å². The normalized spacial score (nSPS) is 21.5. The fourth-order valence-electron chi connectivity index (χ4n) is 1.41. The van der Waals surface area contributed by atoms with Gasteiger partial charge in [-0.25, -0.2) is 0 Å². The molecular formula is C10H18N2. The monoisotopic (exact) mass is 166 g/mol. The van der Waals surface area contributed by atoms with Gasteiger partial charge in [0.1, 0.15) is 5.84 Å². The molecule has 0 aromatic rings. The second-order valence-corrected chi connectivity index (χ2v) is 4.26. The summed E-state index contributed by atoms with van der Waals surface area (Å²) in [5.41, 5.74) is 1.17. The molecule has 0 atom stereocenters. The third-order valence-electron chi connectivity index (χ3n) is 1.85. The van der Waals surface area contributed by atoms with Crippen molar-refractivity contribution in [2.75, 3.05) is 0 Å². The van der Waals surface area contributed by atoms with Gasteiger partial charge in [0.2, 0.25) is 0 Å². The van der Waals surface area contributed by atoms with Crippen molar-refractivity contribution >= 4 is 5.84 Å². The summed E-state index contributed by atoms with van der Waals surface area (Å²) < 4.78 is 0. The Balaban J connectivity index is 2.88. The fraction of sp³-hybridized carbons (Fsp3) is 0.700. The third-order valence-corrected chi connectivity index (χ3v) is 1.85. The summed E-state index contributed by atoms with van der Waals surface area (Å²) in [6.07, 6.45) is 2.15. The topological polar surface area (TPSA) is 24.4 Å². The van der Waals surface area contributed by atoms with Crippen molar-refractivity contribution in [1.82, 2.24) is 5.32 Å². The van der Waals surface area contributed by atoms with E-state index in [9.17, 15) is 0 Å². The van der Waals surface area contributed by atoms with Gasteiger partial charge in [-0.15, -0.1) is 0 Å². The molecular weight excluding hydrogens is 148 g/mol. The van der Waals surface area contributed by atoms with Crippen LogP contribution >= 0.6 is 0 Å². The number of allylic oxidation sites excluding steroid dienone is 1. The summed E-state index contributed by atoms with van der Waals surface area (Å²) in [4.78, 5) is 4.59. The van der Waals surface area contributed by atoms with Gasteiger partial charge >= 0.3 is 0 Å². The molecule has 0 saturated carbocycles. The van der Waals surface area contributed by atoms with Crippen LogP contribution in [0.3, 0.4) is 0 Å². The highest BCUT2D eigenvalue weighted by atomic mass is 15.1. The van der Waals surface area contributed by atoms with Crippen molar-refractivity contribution in [2.45, 2.75) is 40.2 Å². The quantitative estimate of drug-likeness (QED) is 0.635. The summed E-state index contributed by atoms with van der Waals surface area (Å²) >= 11 is 0. The molecule has 2 nitrogen and oxygen atoms in total. The number of nitrogens with zero attached hydrogens (tertiary/aromatic N) is 1. The molecule has 0 aromatic carbocycles. The standard InChI is InChI=1S/C10H18N2/c1-7(2)9-11-8(3)6-10(4,5)12-9/h6-7H,1-5H3,(H,11,12). The highest BCUT2D eigenvalue weighted by molar-refractivity contribution is 5.86. The molecule has 0 radical (unpaired) electrons. The van der Waals surface area contributed by atoms with Crippen LogP contribution in [-0.4, -0.2) is 11.4 Å². The largest absolute Gasteiger partial charge is 0.348 e. The number of rotatable bonds is 1. The van der Waals surface area contributed by atoms with E-state index in [1.165, 1.54) is 5.70 Å². The summed E-state index contributed by atoms with van der Waals surface area (Å²) in [5, 5.41) is 3.28. The van der Waals surface area contributed by atoms with Crippen LogP contribution in [-0.2, 0) is 0 Å². The predicted molar refractivity (Wildman–Crippen MR) is 53.2 cm³/mol. The van der Waals surface area contributed by atoms with Crippen LogP contribution in [0.2, 0.25) is 0 Å². The zero-order chi connectivity index (χ0) is 9.35. The average Bonchev–Trinajstić information content (AvgIpc) is 1.82. The maximum atomic E-state index is 4.59. The highest BCUT2D eigenvalue weighted by Gasteiger charge is 2.20. The van der Waals surface area contributed by atoms with Crippen LogP contribution in [0.15, 0.2) is 16.8 Å². The minimum Gasteiger partial charge on any atom is -0.348 e. The van der Waals surface area contributed by atoms with E-state index in [0.717, 1.165) is 5.84 Å². The molecule has 0 spiro atoms. The molecule has 1 aliphatic heterocycles. The number of amidine groups is 1. The van der Waals surface area contributed by atoms with Crippen LogP contribution in [0.5, 0.6) is 0 Å². The number of hydrogen-bond acceptors (Lipinski definition) is 2. The summed E-state index contributed by atoms with van der Waals surface area (Å²) in [5.74, 6) is 1.58. The number of nitrogens with one attached hydrogen (secondary N) is 1. The first-order valence-corrected chi connectivity index (χ1v) is 4.47. The second-order valence-electron chi connectivity index (χ2n) is 4.26. The average molecular weight is 166 g/mol. The molecule has 0 amide bonds. The minimum absolute atomic E-state index is 0.0328. The van der Waals surface area contributed by atoms with Crippen LogP contribution in [0.4, 0.5) is 0 Å². The summed E-state index contributed by atoms with van der Waals surface area (Å²) in [7, 11) is 0. The SMILES string of the molecule is CC1=CC(C)(C)N=C(C(C)C)N1. The highest BCUT2D eigenvalue weighted by Crippen LogP contribution is 2.18. The summed E-state index contributed by atoms with van der Waals surface area (Å²) in [6, 6.07) is 0. The molecule has 0 unspecified atom stereocenters. The Morgan fingerprint density at radius 2 is 2.00 bits per heavy atom. The van der Waals surface area contributed by atoms with Gasteiger partial charge in [0, 0.05) is 11.6 Å². The Labute approximate surface area is 74.8 Å².